The highest BCUT2D eigenvalue weighted by Gasteiger charge is 2.20. The second kappa shape index (κ2) is 4.55. The number of aromatic amines is 1. The predicted molar refractivity (Wildman–Crippen MR) is 69.6 cm³/mol. The Morgan fingerprint density at radius 1 is 1.26 bits per heavy atom. The molecule has 0 spiro atoms. The van der Waals surface area contributed by atoms with Crippen molar-refractivity contribution in [2.45, 2.75) is 18.9 Å². The lowest BCUT2D eigenvalue weighted by molar-refractivity contribution is 0.0676. The molecule has 0 bridgehead atoms. The molecule has 3 rings (SSSR count). The normalized spacial score (nSPS) is 16.8. The standard InChI is InChI=1S/C13H14N2O4/c16-9-1-2-10-11(7-9)14-13(18)15(12(10)17)8-3-5-19-6-4-8/h1-2,7-8,16H,3-6H2,(H,14,18). The van der Waals surface area contributed by atoms with E-state index in [1.54, 1.807) is 0 Å². The van der Waals surface area contributed by atoms with Gasteiger partial charge in [0.2, 0.25) is 0 Å². The summed E-state index contributed by atoms with van der Waals surface area (Å²) < 4.78 is 6.51. The van der Waals surface area contributed by atoms with E-state index in [9.17, 15) is 14.7 Å². The molecular weight excluding hydrogens is 248 g/mol. The van der Waals surface area contributed by atoms with E-state index >= 15 is 0 Å². The summed E-state index contributed by atoms with van der Waals surface area (Å²) in [5, 5.41) is 9.79. The number of H-pyrrole nitrogens is 1. The first-order valence-corrected chi connectivity index (χ1v) is 6.22. The molecule has 1 saturated heterocycles. The highest BCUT2D eigenvalue weighted by atomic mass is 16.5. The zero-order valence-corrected chi connectivity index (χ0v) is 10.3. The molecule has 0 unspecified atom stereocenters. The molecule has 100 valence electrons. The molecule has 0 atom stereocenters. The Morgan fingerprint density at radius 3 is 2.74 bits per heavy atom. The fraction of sp³-hybridized carbons (Fsp3) is 0.385. The van der Waals surface area contributed by atoms with Crippen LogP contribution in [0.3, 0.4) is 0 Å². The van der Waals surface area contributed by atoms with E-state index in [0.29, 0.717) is 37.0 Å². The van der Waals surface area contributed by atoms with E-state index in [0.717, 1.165) is 0 Å². The number of phenolic OH excluding ortho intramolecular Hbond substituents is 1. The van der Waals surface area contributed by atoms with Gasteiger partial charge in [-0.3, -0.25) is 9.36 Å². The minimum absolute atomic E-state index is 0.0198. The maximum atomic E-state index is 12.4. The number of nitrogens with zero attached hydrogens (tertiary/aromatic N) is 1. The SMILES string of the molecule is O=c1[nH]c2cc(O)ccc2c(=O)n1C1CCOCC1. The Balaban J connectivity index is 2.22. The molecule has 1 aliphatic heterocycles. The van der Waals surface area contributed by atoms with Gasteiger partial charge in [0.1, 0.15) is 5.75 Å². The van der Waals surface area contributed by atoms with Gasteiger partial charge in [0.15, 0.2) is 0 Å². The van der Waals surface area contributed by atoms with Crippen LogP contribution in [0.5, 0.6) is 5.75 Å². The number of aromatic hydroxyl groups is 1. The number of benzene rings is 1. The molecule has 2 N–H and O–H groups in total. The van der Waals surface area contributed by atoms with Crippen molar-refractivity contribution in [3.8, 4) is 5.75 Å². The molecular formula is C13H14N2O4. The van der Waals surface area contributed by atoms with Crippen molar-refractivity contribution in [1.82, 2.24) is 9.55 Å². The Labute approximate surface area is 108 Å². The van der Waals surface area contributed by atoms with Crippen LogP contribution in [-0.4, -0.2) is 27.9 Å². The molecule has 0 radical (unpaired) electrons. The highest BCUT2D eigenvalue weighted by molar-refractivity contribution is 5.78. The molecule has 2 aromatic rings. The smallest absolute Gasteiger partial charge is 0.329 e. The zero-order valence-electron chi connectivity index (χ0n) is 10.3. The van der Waals surface area contributed by atoms with Crippen LogP contribution in [0.15, 0.2) is 27.8 Å². The Hall–Kier alpha value is -2.08. The van der Waals surface area contributed by atoms with Crippen LogP contribution in [0, 0.1) is 0 Å². The van der Waals surface area contributed by atoms with Crippen LogP contribution in [-0.2, 0) is 4.74 Å². The van der Waals surface area contributed by atoms with Crippen molar-refractivity contribution in [2.75, 3.05) is 13.2 Å². The predicted octanol–water partition coefficient (Wildman–Crippen LogP) is 0.747. The summed E-state index contributed by atoms with van der Waals surface area (Å²) >= 11 is 0. The molecule has 2 heterocycles. The van der Waals surface area contributed by atoms with Gasteiger partial charge in [0.05, 0.1) is 10.9 Å². The first-order chi connectivity index (χ1) is 9.16. The number of hydrogen-bond acceptors (Lipinski definition) is 4. The summed E-state index contributed by atoms with van der Waals surface area (Å²) in [6.07, 6.45) is 1.32. The van der Waals surface area contributed by atoms with Gasteiger partial charge in [-0.05, 0) is 25.0 Å². The first kappa shape index (κ1) is 12.0. The van der Waals surface area contributed by atoms with Crippen molar-refractivity contribution in [1.29, 1.82) is 0 Å². The lowest BCUT2D eigenvalue weighted by Gasteiger charge is -2.23. The van der Waals surface area contributed by atoms with Gasteiger partial charge in [-0.2, -0.15) is 0 Å². The molecule has 1 aliphatic rings. The van der Waals surface area contributed by atoms with E-state index in [2.05, 4.69) is 4.98 Å². The molecule has 0 saturated carbocycles. The van der Waals surface area contributed by atoms with Gasteiger partial charge >= 0.3 is 5.69 Å². The number of rotatable bonds is 1. The van der Waals surface area contributed by atoms with Crippen LogP contribution >= 0.6 is 0 Å². The molecule has 1 fully saturated rings. The van der Waals surface area contributed by atoms with Gasteiger partial charge < -0.3 is 14.8 Å². The van der Waals surface area contributed by atoms with Crippen LogP contribution in [0.25, 0.3) is 10.9 Å². The number of hydrogen-bond donors (Lipinski definition) is 2. The summed E-state index contributed by atoms with van der Waals surface area (Å²) in [5.74, 6) is 0.0198. The fourth-order valence-corrected chi connectivity index (χ4v) is 2.49. The topological polar surface area (TPSA) is 84.3 Å². The summed E-state index contributed by atoms with van der Waals surface area (Å²) in [7, 11) is 0. The minimum atomic E-state index is -0.435. The molecule has 1 aromatic heterocycles. The molecule has 0 aliphatic carbocycles. The monoisotopic (exact) mass is 262 g/mol. The average Bonchev–Trinajstić information content (AvgIpc) is 2.39. The second-order valence-electron chi connectivity index (χ2n) is 4.68. The Bertz CT molecular complexity index is 725. The van der Waals surface area contributed by atoms with E-state index in [4.69, 9.17) is 4.74 Å². The van der Waals surface area contributed by atoms with Crippen molar-refractivity contribution in [2.24, 2.45) is 0 Å². The number of fused-ring (bicyclic) bond motifs is 1. The van der Waals surface area contributed by atoms with E-state index in [1.807, 2.05) is 0 Å². The summed E-state index contributed by atoms with van der Waals surface area (Å²) in [4.78, 5) is 27.1. The fourth-order valence-electron chi connectivity index (χ4n) is 2.49. The lowest BCUT2D eigenvalue weighted by Crippen LogP contribution is -2.40. The Kier molecular flexibility index (Phi) is 2.87. The maximum Gasteiger partial charge on any atom is 0.329 e. The number of nitrogens with one attached hydrogen (secondary N) is 1. The molecule has 6 heteroatoms. The molecule has 0 amide bonds. The van der Waals surface area contributed by atoms with Gasteiger partial charge in [-0.15, -0.1) is 0 Å². The highest BCUT2D eigenvalue weighted by Crippen LogP contribution is 2.19. The quantitative estimate of drug-likeness (QED) is 0.794. The lowest BCUT2D eigenvalue weighted by atomic mass is 10.1. The van der Waals surface area contributed by atoms with Crippen molar-refractivity contribution in [3.63, 3.8) is 0 Å². The van der Waals surface area contributed by atoms with Gasteiger partial charge in [0, 0.05) is 25.3 Å². The van der Waals surface area contributed by atoms with E-state index < -0.39 is 5.69 Å². The summed E-state index contributed by atoms with van der Waals surface area (Å²) in [6.45, 7) is 1.12. The van der Waals surface area contributed by atoms with Gasteiger partial charge in [-0.25, -0.2) is 4.79 Å². The zero-order chi connectivity index (χ0) is 13.4. The second-order valence-corrected chi connectivity index (χ2v) is 4.68. The third-order valence-electron chi connectivity index (χ3n) is 3.47. The van der Waals surface area contributed by atoms with Crippen molar-refractivity contribution < 1.29 is 9.84 Å². The van der Waals surface area contributed by atoms with E-state index in [-0.39, 0.29) is 17.4 Å². The van der Waals surface area contributed by atoms with Crippen molar-refractivity contribution >= 4 is 10.9 Å². The van der Waals surface area contributed by atoms with Crippen LogP contribution in [0.4, 0.5) is 0 Å². The minimum Gasteiger partial charge on any atom is -0.508 e. The largest absolute Gasteiger partial charge is 0.508 e. The third kappa shape index (κ3) is 2.04. The van der Waals surface area contributed by atoms with Gasteiger partial charge in [-0.1, -0.05) is 0 Å². The van der Waals surface area contributed by atoms with Crippen LogP contribution < -0.4 is 11.2 Å². The summed E-state index contributed by atoms with van der Waals surface area (Å²) in [6, 6.07) is 4.23. The number of ether oxygens (including phenoxy) is 1. The molecule has 19 heavy (non-hydrogen) atoms. The maximum absolute atomic E-state index is 12.4. The van der Waals surface area contributed by atoms with Crippen molar-refractivity contribution in [3.05, 3.63) is 39.0 Å². The van der Waals surface area contributed by atoms with Crippen LogP contribution in [0.2, 0.25) is 0 Å². The molecule has 1 aromatic carbocycles. The van der Waals surface area contributed by atoms with Crippen LogP contribution in [0.1, 0.15) is 18.9 Å². The van der Waals surface area contributed by atoms with E-state index in [1.165, 1.54) is 22.8 Å². The Morgan fingerprint density at radius 2 is 2.00 bits per heavy atom. The average molecular weight is 262 g/mol. The molecule has 6 nitrogen and oxygen atoms in total. The summed E-state index contributed by atoms with van der Waals surface area (Å²) in [5.41, 5.74) is -0.390. The third-order valence-corrected chi connectivity index (χ3v) is 3.47. The number of aromatic nitrogens is 2. The number of phenols is 1. The first-order valence-electron chi connectivity index (χ1n) is 6.22. The van der Waals surface area contributed by atoms with Gasteiger partial charge in [0.25, 0.3) is 5.56 Å².